The van der Waals surface area contributed by atoms with Crippen molar-refractivity contribution < 1.29 is 23.9 Å². The van der Waals surface area contributed by atoms with Crippen LogP contribution in [-0.4, -0.2) is 35.2 Å². The van der Waals surface area contributed by atoms with Gasteiger partial charge in [-0.05, 0) is 89.0 Å². The Bertz CT molecular complexity index is 2290. The van der Waals surface area contributed by atoms with E-state index in [1.165, 1.54) is 10.5 Å². The zero-order valence-electron chi connectivity index (χ0n) is 27.2. The third-order valence-electron chi connectivity index (χ3n) is 10.4. The monoisotopic (exact) mass is 744 g/mol. The minimum atomic E-state index is -0.684. The molecule has 2 amide bonds. The number of Topliss-reactive ketones (excluding diaryl/α,β-unsaturated/α-hetero) is 1. The molecule has 1 saturated heterocycles. The molecule has 0 spiro atoms. The lowest BCUT2D eigenvalue weighted by Crippen LogP contribution is -2.32. The molecule has 4 aromatic carbocycles. The smallest absolute Gasteiger partial charge is 0.339 e. The number of fused-ring (bicyclic) bond motifs is 6. The number of carbonyl (C=O) groups is 4. The average molecular weight is 746 g/mol. The second kappa shape index (κ2) is 12.4. The highest BCUT2D eigenvalue weighted by Gasteiger charge is 2.60. The molecule has 3 aliphatic rings. The summed E-state index contributed by atoms with van der Waals surface area (Å²) in [5.74, 6) is -1.63. The Balaban J connectivity index is 1.06. The van der Waals surface area contributed by atoms with Gasteiger partial charge >= 0.3 is 5.97 Å². The second-order valence-corrected chi connectivity index (χ2v) is 14.5. The van der Waals surface area contributed by atoms with Crippen LogP contribution in [-0.2, 0) is 14.3 Å². The number of ether oxygens (including phenoxy) is 1. The number of allylic oxidation sites excluding steroid dienone is 2. The van der Waals surface area contributed by atoms with Gasteiger partial charge in [0.05, 0.1) is 39.3 Å². The summed E-state index contributed by atoms with van der Waals surface area (Å²) in [5.41, 5.74) is 6.67. The van der Waals surface area contributed by atoms with Crippen molar-refractivity contribution in [3.63, 3.8) is 0 Å². The van der Waals surface area contributed by atoms with Crippen LogP contribution in [0.1, 0.15) is 39.6 Å². The third kappa shape index (κ3) is 5.29. The number of hydrogen-bond donors (Lipinski definition) is 0. The number of aryl methyl sites for hydroxylation is 1. The van der Waals surface area contributed by atoms with Crippen molar-refractivity contribution in [3.05, 3.63) is 129 Å². The molecule has 2 heterocycles. The minimum absolute atomic E-state index is 0.122. The third-order valence-corrected chi connectivity index (χ3v) is 11.7. The summed E-state index contributed by atoms with van der Waals surface area (Å²) in [6.07, 6.45) is 3.03. The maximum Gasteiger partial charge on any atom is 0.339 e. The summed E-state index contributed by atoms with van der Waals surface area (Å²) in [5, 5.41) is 0.975. The van der Waals surface area contributed by atoms with E-state index in [2.05, 4.69) is 22.0 Å². The van der Waals surface area contributed by atoms with Gasteiger partial charge in [0.15, 0.2) is 12.4 Å². The zero-order chi connectivity index (χ0) is 34.8. The van der Waals surface area contributed by atoms with Crippen LogP contribution in [0.25, 0.3) is 33.3 Å². The Kier molecular flexibility index (Phi) is 8.04. The van der Waals surface area contributed by atoms with Crippen molar-refractivity contribution in [1.29, 1.82) is 0 Å². The number of amides is 2. The molecule has 2 aliphatic carbocycles. The van der Waals surface area contributed by atoms with Gasteiger partial charge < -0.3 is 4.74 Å². The average Bonchev–Trinajstić information content (AvgIpc) is 3.79. The van der Waals surface area contributed by atoms with Crippen LogP contribution in [0.5, 0.6) is 0 Å². The van der Waals surface area contributed by atoms with Crippen LogP contribution < -0.4 is 4.90 Å². The number of hydrogen-bond acceptors (Lipinski definition) is 6. The standard InChI is InChI=1S/C41H30BrClN2O5/c1-21-16-27-17-29(21)36-35(27)39(47)45(40(36)48)28-14-12-25(13-15-28)33-19-31(30-18-32(42)37(43)22(2)38(30)44-33)41(49)50-20-34(46)26-10-8-24(9-11-26)23-6-4-3-5-7-23/h3-16,18-19,27,29,35-36H,17,20H2,1-2H3. The maximum atomic E-state index is 13.7. The molecular weight excluding hydrogens is 716 g/mol. The predicted octanol–water partition coefficient (Wildman–Crippen LogP) is 9.03. The first kappa shape index (κ1) is 32.3. The summed E-state index contributed by atoms with van der Waals surface area (Å²) in [6.45, 7) is 3.42. The van der Waals surface area contributed by atoms with Crippen molar-refractivity contribution in [3.8, 4) is 22.4 Å². The quantitative estimate of drug-likeness (QED) is 0.0715. The van der Waals surface area contributed by atoms with E-state index in [9.17, 15) is 19.2 Å². The topological polar surface area (TPSA) is 93.6 Å². The molecule has 1 saturated carbocycles. The second-order valence-electron chi connectivity index (χ2n) is 13.2. The van der Waals surface area contributed by atoms with Crippen molar-refractivity contribution in [1.82, 2.24) is 4.98 Å². The number of aromatic nitrogens is 1. The van der Waals surface area contributed by atoms with Gasteiger partial charge in [-0.15, -0.1) is 0 Å². The number of esters is 1. The number of halogens is 2. The molecular formula is C41H30BrClN2O5. The van der Waals surface area contributed by atoms with Crippen LogP contribution in [0.3, 0.4) is 0 Å². The van der Waals surface area contributed by atoms with E-state index in [4.69, 9.17) is 21.3 Å². The summed E-state index contributed by atoms with van der Waals surface area (Å²) >= 11 is 10.1. The van der Waals surface area contributed by atoms with Crippen LogP contribution in [0, 0.1) is 30.6 Å². The Morgan fingerprint density at radius 2 is 1.54 bits per heavy atom. The van der Waals surface area contributed by atoms with Crippen LogP contribution in [0.15, 0.2) is 107 Å². The van der Waals surface area contributed by atoms with E-state index in [-0.39, 0.29) is 46.8 Å². The molecule has 0 N–H and O–H groups in total. The van der Waals surface area contributed by atoms with E-state index in [1.54, 1.807) is 48.5 Å². The van der Waals surface area contributed by atoms with Gasteiger partial charge in [-0.25, -0.2) is 9.78 Å². The molecule has 248 valence electrons. The van der Waals surface area contributed by atoms with Crippen molar-refractivity contribution in [2.24, 2.45) is 23.7 Å². The van der Waals surface area contributed by atoms with Gasteiger partial charge in [0.2, 0.25) is 11.8 Å². The van der Waals surface area contributed by atoms with Crippen LogP contribution in [0.4, 0.5) is 5.69 Å². The van der Waals surface area contributed by atoms with Gasteiger partial charge in [0.1, 0.15) is 0 Å². The minimum Gasteiger partial charge on any atom is -0.454 e. The summed E-state index contributed by atoms with van der Waals surface area (Å²) in [4.78, 5) is 59.9. The summed E-state index contributed by atoms with van der Waals surface area (Å²) < 4.78 is 6.19. The van der Waals surface area contributed by atoms with Crippen LogP contribution in [0.2, 0.25) is 5.02 Å². The van der Waals surface area contributed by atoms with Gasteiger partial charge in [-0.2, -0.15) is 0 Å². The molecule has 0 radical (unpaired) electrons. The van der Waals surface area contributed by atoms with E-state index >= 15 is 0 Å². The molecule has 2 fully saturated rings. The molecule has 2 bridgehead atoms. The predicted molar refractivity (Wildman–Crippen MR) is 196 cm³/mol. The van der Waals surface area contributed by atoms with Gasteiger partial charge in [-0.1, -0.05) is 90.0 Å². The lowest BCUT2D eigenvalue weighted by atomic mass is 9.82. The molecule has 1 aliphatic heterocycles. The number of ketones is 1. The highest BCUT2D eigenvalue weighted by atomic mass is 79.9. The number of rotatable bonds is 7. The summed E-state index contributed by atoms with van der Waals surface area (Å²) in [6, 6.07) is 27.4. The molecule has 4 atom stereocenters. The molecule has 1 aromatic heterocycles. The van der Waals surface area contributed by atoms with E-state index in [1.807, 2.05) is 56.3 Å². The fourth-order valence-electron chi connectivity index (χ4n) is 7.86. The number of anilines is 1. The van der Waals surface area contributed by atoms with E-state index < -0.39 is 12.6 Å². The first-order chi connectivity index (χ1) is 24.1. The molecule has 7 nitrogen and oxygen atoms in total. The Hall–Kier alpha value is -4.92. The normalized spacial score (nSPS) is 20.7. The van der Waals surface area contributed by atoms with E-state index in [0.717, 1.165) is 17.5 Å². The van der Waals surface area contributed by atoms with Gasteiger partial charge in [0.25, 0.3) is 0 Å². The Morgan fingerprint density at radius 1 is 0.880 bits per heavy atom. The molecule has 50 heavy (non-hydrogen) atoms. The highest BCUT2D eigenvalue weighted by Crippen LogP contribution is 2.56. The Morgan fingerprint density at radius 3 is 2.26 bits per heavy atom. The molecule has 4 unspecified atom stereocenters. The van der Waals surface area contributed by atoms with Crippen LogP contribution >= 0.6 is 27.5 Å². The fraction of sp³-hybridized carbons (Fsp3) is 0.195. The SMILES string of the molecule is CC1=CC2CC1C1C(=O)N(c3ccc(-c4cc(C(=O)OCC(=O)c5ccc(-c6ccccc6)cc5)c5cc(Br)c(Cl)c(C)c5n4)cc3)C(=O)C21. The maximum absolute atomic E-state index is 13.7. The zero-order valence-corrected chi connectivity index (χ0v) is 29.5. The van der Waals surface area contributed by atoms with Crippen molar-refractivity contribution in [2.45, 2.75) is 20.3 Å². The van der Waals surface area contributed by atoms with Gasteiger partial charge in [-0.3, -0.25) is 19.3 Å². The van der Waals surface area contributed by atoms with Crippen molar-refractivity contribution >= 4 is 67.7 Å². The number of nitrogens with zero attached hydrogens (tertiary/aromatic N) is 2. The molecule has 9 heteroatoms. The molecule has 5 aromatic rings. The van der Waals surface area contributed by atoms with Gasteiger partial charge in [0, 0.05) is 21.0 Å². The number of benzene rings is 4. The summed E-state index contributed by atoms with van der Waals surface area (Å²) in [7, 11) is 0. The highest BCUT2D eigenvalue weighted by molar-refractivity contribution is 9.10. The number of pyridine rings is 1. The first-order valence-electron chi connectivity index (χ1n) is 16.4. The number of carbonyl (C=O) groups excluding carboxylic acids is 4. The Labute approximate surface area is 302 Å². The number of imide groups is 1. The first-order valence-corrected chi connectivity index (χ1v) is 17.6. The van der Waals surface area contributed by atoms with Crippen molar-refractivity contribution in [2.75, 3.05) is 11.5 Å². The van der Waals surface area contributed by atoms with E-state index in [0.29, 0.717) is 48.5 Å². The lowest BCUT2D eigenvalue weighted by molar-refractivity contribution is -0.123. The lowest BCUT2D eigenvalue weighted by Gasteiger charge is -2.19. The fourth-order valence-corrected chi connectivity index (χ4v) is 8.53. The molecule has 8 rings (SSSR count). The largest absolute Gasteiger partial charge is 0.454 e.